The molecule has 0 saturated heterocycles. The second-order valence-electron chi connectivity index (χ2n) is 7.91. The van der Waals surface area contributed by atoms with Crippen molar-refractivity contribution < 1.29 is 19.4 Å². The second kappa shape index (κ2) is 10.7. The highest BCUT2D eigenvalue weighted by Gasteiger charge is 2.18. The first kappa shape index (κ1) is 23.1. The number of benzene rings is 3. The Bertz CT molecular complexity index is 1260. The van der Waals surface area contributed by atoms with E-state index < -0.39 is 5.97 Å². The van der Waals surface area contributed by atoms with Gasteiger partial charge in [0, 0.05) is 17.7 Å². The van der Waals surface area contributed by atoms with E-state index in [1.165, 1.54) is 5.56 Å². The molecule has 0 bridgehead atoms. The van der Waals surface area contributed by atoms with Crippen molar-refractivity contribution in [3.63, 3.8) is 0 Å². The highest BCUT2D eigenvalue weighted by atomic mass is 16.5. The number of para-hydroxylation sites is 1. The first-order chi connectivity index (χ1) is 16.6. The summed E-state index contributed by atoms with van der Waals surface area (Å²) >= 11 is 0. The van der Waals surface area contributed by atoms with Gasteiger partial charge in [-0.1, -0.05) is 48.5 Å². The molecular weight excluding hydrogens is 428 g/mol. The molecule has 6 heteroatoms. The Kier molecular flexibility index (Phi) is 7.28. The minimum Gasteiger partial charge on any atom is -0.496 e. The molecule has 0 unspecified atom stereocenters. The van der Waals surface area contributed by atoms with E-state index in [-0.39, 0.29) is 6.42 Å². The number of aliphatic carboxylic acids is 1. The van der Waals surface area contributed by atoms with Crippen LogP contribution in [-0.4, -0.2) is 34.6 Å². The molecule has 0 spiro atoms. The minimum absolute atomic E-state index is 0.0637. The van der Waals surface area contributed by atoms with Crippen LogP contribution in [0.5, 0.6) is 11.5 Å². The van der Waals surface area contributed by atoms with Crippen molar-refractivity contribution in [2.45, 2.75) is 26.3 Å². The van der Waals surface area contributed by atoms with E-state index in [1.807, 2.05) is 66.2 Å². The summed E-state index contributed by atoms with van der Waals surface area (Å²) in [4.78, 5) is 11.3. The van der Waals surface area contributed by atoms with Crippen molar-refractivity contribution in [1.82, 2.24) is 9.78 Å². The Hall–Kier alpha value is -4.06. The number of carboxylic acids is 1. The van der Waals surface area contributed by atoms with Crippen LogP contribution in [0.15, 0.2) is 78.9 Å². The third kappa shape index (κ3) is 5.29. The molecule has 3 aromatic carbocycles. The Labute approximate surface area is 199 Å². The van der Waals surface area contributed by atoms with Gasteiger partial charge in [-0.05, 0) is 54.8 Å². The highest BCUT2D eigenvalue weighted by Crippen LogP contribution is 2.36. The van der Waals surface area contributed by atoms with Crippen LogP contribution in [0.2, 0.25) is 0 Å². The molecule has 0 fully saturated rings. The van der Waals surface area contributed by atoms with Crippen LogP contribution < -0.4 is 9.47 Å². The summed E-state index contributed by atoms with van der Waals surface area (Å²) in [7, 11) is 1.60. The standard InChI is InChI=1S/C28H28N2O4/c1-3-34-27-12-8-7-11-22(27)25-19-24(29-30(25)16-15-20-9-5-4-6-10-20)23-17-21(18-28(31)32)13-14-26(23)33-2/h4-14,17,19H,3,15-16,18H2,1-2H3,(H,31,32). The quantitative estimate of drug-likeness (QED) is 0.341. The normalized spacial score (nSPS) is 10.8. The van der Waals surface area contributed by atoms with E-state index in [4.69, 9.17) is 14.6 Å². The van der Waals surface area contributed by atoms with Crippen molar-refractivity contribution in [3.05, 3.63) is 90.0 Å². The molecule has 6 nitrogen and oxygen atoms in total. The van der Waals surface area contributed by atoms with Crippen LogP contribution in [0.1, 0.15) is 18.1 Å². The van der Waals surface area contributed by atoms with Gasteiger partial charge in [-0.2, -0.15) is 5.10 Å². The number of rotatable bonds is 10. The van der Waals surface area contributed by atoms with Crippen LogP contribution in [0, 0.1) is 0 Å². The van der Waals surface area contributed by atoms with Crippen molar-refractivity contribution in [1.29, 1.82) is 0 Å². The SMILES string of the molecule is CCOc1ccccc1-c1cc(-c2cc(CC(=O)O)ccc2OC)nn1CCc1ccccc1. The molecule has 174 valence electrons. The number of carboxylic acid groups (broad SMARTS) is 1. The Morgan fingerprint density at radius 3 is 2.41 bits per heavy atom. The fraction of sp³-hybridized carbons (Fsp3) is 0.214. The van der Waals surface area contributed by atoms with Gasteiger partial charge in [0.1, 0.15) is 11.5 Å². The fourth-order valence-corrected chi connectivity index (χ4v) is 4.01. The van der Waals surface area contributed by atoms with Gasteiger partial charge < -0.3 is 14.6 Å². The topological polar surface area (TPSA) is 73.6 Å². The average Bonchev–Trinajstić information content (AvgIpc) is 3.27. The van der Waals surface area contributed by atoms with Gasteiger partial charge in [-0.25, -0.2) is 0 Å². The van der Waals surface area contributed by atoms with Crippen molar-refractivity contribution in [2.75, 3.05) is 13.7 Å². The lowest BCUT2D eigenvalue weighted by Gasteiger charge is -2.12. The first-order valence-corrected chi connectivity index (χ1v) is 11.3. The zero-order valence-corrected chi connectivity index (χ0v) is 19.4. The predicted octanol–water partition coefficient (Wildman–Crippen LogP) is 5.49. The number of ether oxygens (including phenoxy) is 2. The first-order valence-electron chi connectivity index (χ1n) is 11.3. The number of nitrogens with zero attached hydrogens (tertiary/aromatic N) is 2. The third-order valence-electron chi connectivity index (χ3n) is 5.59. The highest BCUT2D eigenvalue weighted by molar-refractivity contribution is 5.77. The van der Waals surface area contributed by atoms with Gasteiger partial charge in [0.2, 0.25) is 0 Å². The number of hydrogen-bond donors (Lipinski definition) is 1. The maximum absolute atomic E-state index is 11.3. The molecule has 0 atom stereocenters. The summed E-state index contributed by atoms with van der Waals surface area (Å²) in [6.07, 6.45) is 0.758. The zero-order chi connectivity index (χ0) is 23.9. The van der Waals surface area contributed by atoms with Gasteiger partial charge in [-0.15, -0.1) is 0 Å². The molecule has 4 rings (SSSR count). The van der Waals surface area contributed by atoms with Crippen LogP contribution in [0.3, 0.4) is 0 Å². The van der Waals surface area contributed by atoms with Gasteiger partial charge >= 0.3 is 5.97 Å². The Morgan fingerprint density at radius 1 is 0.912 bits per heavy atom. The van der Waals surface area contributed by atoms with Crippen molar-refractivity contribution in [2.24, 2.45) is 0 Å². The number of aromatic nitrogens is 2. The predicted molar refractivity (Wildman–Crippen MR) is 132 cm³/mol. The van der Waals surface area contributed by atoms with Crippen molar-refractivity contribution in [3.8, 4) is 34.0 Å². The number of carbonyl (C=O) groups is 1. The molecule has 1 heterocycles. The summed E-state index contributed by atoms with van der Waals surface area (Å²) in [5.41, 5.74) is 5.29. The lowest BCUT2D eigenvalue weighted by Crippen LogP contribution is -2.06. The monoisotopic (exact) mass is 456 g/mol. The summed E-state index contributed by atoms with van der Waals surface area (Å²) in [5.74, 6) is 0.561. The molecule has 4 aromatic rings. The molecule has 0 radical (unpaired) electrons. The van der Waals surface area contributed by atoms with E-state index in [2.05, 4.69) is 12.1 Å². The molecular formula is C28H28N2O4. The molecule has 0 aliphatic heterocycles. The number of aryl methyl sites for hydroxylation is 2. The smallest absolute Gasteiger partial charge is 0.307 e. The molecule has 0 amide bonds. The molecule has 0 saturated carbocycles. The average molecular weight is 457 g/mol. The van der Waals surface area contributed by atoms with E-state index in [9.17, 15) is 9.90 Å². The Balaban J connectivity index is 1.80. The van der Waals surface area contributed by atoms with Crippen LogP contribution in [0.4, 0.5) is 0 Å². The fourth-order valence-electron chi connectivity index (χ4n) is 4.01. The van der Waals surface area contributed by atoms with Crippen molar-refractivity contribution >= 4 is 5.97 Å². The number of methoxy groups -OCH3 is 1. The van der Waals surface area contributed by atoms with Gasteiger partial charge in [0.25, 0.3) is 0 Å². The lowest BCUT2D eigenvalue weighted by molar-refractivity contribution is -0.136. The maximum atomic E-state index is 11.3. The summed E-state index contributed by atoms with van der Waals surface area (Å²) in [6.45, 7) is 3.21. The van der Waals surface area contributed by atoms with E-state index in [0.717, 1.165) is 34.7 Å². The Morgan fingerprint density at radius 2 is 1.68 bits per heavy atom. The van der Waals surface area contributed by atoms with Crippen LogP contribution in [-0.2, 0) is 24.2 Å². The van der Waals surface area contributed by atoms with E-state index in [0.29, 0.717) is 24.5 Å². The largest absolute Gasteiger partial charge is 0.496 e. The van der Waals surface area contributed by atoms with Gasteiger partial charge in [0.15, 0.2) is 0 Å². The molecule has 34 heavy (non-hydrogen) atoms. The van der Waals surface area contributed by atoms with E-state index in [1.54, 1.807) is 19.2 Å². The van der Waals surface area contributed by atoms with Crippen LogP contribution in [0.25, 0.3) is 22.5 Å². The van der Waals surface area contributed by atoms with Gasteiger partial charge in [0.05, 0.1) is 31.5 Å². The molecule has 0 aliphatic carbocycles. The molecule has 1 aromatic heterocycles. The summed E-state index contributed by atoms with van der Waals surface area (Å²) in [6, 6.07) is 25.7. The lowest BCUT2D eigenvalue weighted by atomic mass is 10.0. The number of hydrogen-bond acceptors (Lipinski definition) is 4. The maximum Gasteiger partial charge on any atom is 0.307 e. The second-order valence-corrected chi connectivity index (χ2v) is 7.91. The molecule has 0 aliphatic rings. The minimum atomic E-state index is -0.879. The van der Waals surface area contributed by atoms with Crippen LogP contribution >= 0.6 is 0 Å². The zero-order valence-electron chi connectivity index (χ0n) is 19.4. The van der Waals surface area contributed by atoms with Gasteiger partial charge in [-0.3, -0.25) is 9.48 Å². The third-order valence-corrected chi connectivity index (χ3v) is 5.59. The molecule has 1 N–H and O–H groups in total. The summed E-state index contributed by atoms with van der Waals surface area (Å²) < 4.78 is 13.5. The summed E-state index contributed by atoms with van der Waals surface area (Å²) in [5, 5.41) is 14.2. The van der Waals surface area contributed by atoms with E-state index >= 15 is 0 Å².